The average Bonchev–Trinajstić information content (AvgIpc) is 3.00. The van der Waals surface area contributed by atoms with Crippen molar-refractivity contribution in [2.75, 3.05) is 7.11 Å². The molecule has 1 heterocycles. The predicted octanol–water partition coefficient (Wildman–Crippen LogP) is 2.25. The summed E-state index contributed by atoms with van der Waals surface area (Å²) in [4.78, 5) is 28.4. The Labute approximate surface area is 156 Å². The van der Waals surface area contributed by atoms with E-state index in [-0.39, 0.29) is 11.4 Å². The smallest absolute Gasteiger partial charge is 0.343 e. The van der Waals surface area contributed by atoms with E-state index in [1.165, 1.54) is 25.3 Å². The Bertz CT molecular complexity index is 1000. The first-order chi connectivity index (χ1) is 12.7. The SMILES string of the molecule is COc1cc(C2(C(=O)OC(C)(C)C)C=c3ccccc3=N2)ccc1[N+](=O)[O-]. The molecule has 3 rings (SSSR count). The quantitative estimate of drug-likeness (QED) is 0.469. The molecule has 0 radical (unpaired) electrons. The topological polar surface area (TPSA) is 91.0 Å². The van der Waals surface area contributed by atoms with Gasteiger partial charge in [-0.3, -0.25) is 15.1 Å². The van der Waals surface area contributed by atoms with Gasteiger partial charge in [0.1, 0.15) is 5.60 Å². The highest BCUT2D eigenvalue weighted by Crippen LogP contribution is 2.37. The molecule has 1 aliphatic heterocycles. The fraction of sp³-hybridized carbons (Fsp3) is 0.300. The minimum absolute atomic E-state index is 0.0555. The highest BCUT2D eigenvalue weighted by Gasteiger charge is 2.44. The number of methoxy groups -OCH3 is 1. The van der Waals surface area contributed by atoms with Gasteiger partial charge in [-0.15, -0.1) is 0 Å². The van der Waals surface area contributed by atoms with E-state index >= 15 is 0 Å². The average molecular weight is 368 g/mol. The van der Waals surface area contributed by atoms with E-state index in [4.69, 9.17) is 9.47 Å². The molecule has 1 unspecified atom stereocenters. The summed E-state index contributed by atoms with van der Waals surface area (Å²) in [6.07, 6.45) is 1.72. The normalized spacial score (nSPS) is 18.1. The molecular formula is C20H20N2O5. The van der Waals surface area contributed by atoms with E-state index in [2.05, 4.69) is 4.99 Å². The number of nitro benzene ring substituents is 1. The van der Waals surface area contributed by atoms with Gasteiger partial charge < -0.3 is 9.47 Å². The first-order valence-corrected chi connectivity index (χ1v) is 8.40. The molecule has 7 heteroatoms. The summed E-state index contributed by atoms with van der Waals surface area (Å²) in [5.41, 5.74) is -1.89. The molecule has 0 saturated heterocycles. The second-order valence-electron chi connectivity index (χ2n) is 7.23. The number of nitro groups is 1. The van der Waals surface area contributed by atoms with E-state index in [1.54, 1.807) is 32.9 Å². The maximum absolute atomic E-state index is 13.1. The number of ether oxygens (including phenoxy) is 2. The number of hydrogen-bond donors (Lipinski definition) is 0. The highest BCUT2D eigenvalue weighted by molar-refractivity contribution is 5.92. The first kappa shape index (κ1) is 18.6. The zero-order valence-electron chi connectivity index (χ0n) is 15.6. The molecule has 27 heavy (non-hydrogen) atoms. The lowest BCUT2D eigenvalue weighted by Crippen LogP contribution is -2.38. The van der Waals surface area contributed by atoms with E-state index in [0.29, 0.717) is 10.9 Å². The first-order valence-electron chi connectivity index (χ1n) is 8.40. The summed E-state index contributed by atoms with van der Waals surface area (Å²) in [6, 6.07) is 11.6. The summed E-state index contributed by atoms with van der Waals surface area (Å²) in [7, 11) is 1.34. The molecule has 0 spiro atoms. The molecule has 0 fully saturated rings. The number of benzene rings is 2. The van der Waals surface area contributed by atoms with Crippen LogP contribution in [0.1, 0.15) is 26.3 Å². The van der Waals surface area contributed by atoms with Gasteiger partial charge in [-0.25, -0.2) is 4.79 Å². The van der Waals surface area contributed by atoms with Gasteiger partial charge in [-0.2, -0.15) is 0 Å². The minimum atomic E-state index is -1.43. The summed E-state index contributed by atoms with van der Waals surface area (Å²) < 4.78 is 10.8. The van der Waals surface area contributed by atoms with Crippen LogP contribution in [0.2, 0.25) is 0 Å². The monoisotopic (exact) mass is 368 g/mol. The number of rotatable bonds is 4. The minimum Gasteiger partial charge on any atom is -0.490 e. The van der Waals surface area contributed by atoms with Crippen LogP contribution < -0.4 is 15.3 Å². The van der Waals surface area contributed by atoms with Crippen molar-refractivity contribution >= 4 is 17.7 Å². The maximum Gasteiger partial charge on any atom is 0.343 e. The standard InChI is InChI=1S/C20H20N2O5/c1-19(2,3)27-18(23)20(12-13-7-5-6-8-15(13)21-20)14-9-10-16(22(24)25)17(11-14)26-4/h5-12H,1-4H3. The van der Waals surface area contributed by atoms with Crippen molar-refractivity contribution in [3.63, 3.8) is 0 Å². The van der Waals surface area contributed by atoms with Gasteiger partial charge in [-0.05, 0) is 55.8 Å². The lowest BCUT2D eigenvalue weighted by atomic mass is 9.90. The van der Waals surface area contributed by atoms with Crippen LogP contribution in [-0.2, 0) is 15.1 Å². The summed E-state index contributed by atoms with van der Waals surface area (Å²) in [5, 5.41) is 12.6. The number of esters is 1. The van der Waals surface area contributed by atoms with Crippen LogP contribution in [0, 0.1) is 10.1 Å². The van der Waals surface area contributed by atoms with Crippen LogP contribution in [0.3, 0.4) is 0 Å². The molecular weight excluding hydrogens is 348 g/mol. The van der Waals surface area contributed by atoms with Crippen LogP contribution in [0.4, 0.5) is 5.69 Å². The Hall–Kier alpha value is -3.22. The molecule has 1 atom stereocenters. The zero-order chi connectivity index (χ0) is 19.8. The molecule has 140 valence electrons. The Morgan fingerprint density at radius 3 is 2.48 bits per heavy atom. The van der Waals surface area contributed by atoms with Gasteiger partial charge in [0.25, 0.3) is 0 Å². The molecule has 2 aromatic carbocycles. The van der Waals surface area contributed by atoms with Crippen LogP contribution >= 0.6 is 0 Å². The molecule has 1 aliphatic rings. The third-order valence-electron chi connectivity index (χ3n) is 4.12. The van der Waals surface area contributed by atoms with Gasteiger partial charge in [0.2, 0.25) is 5.54 Å². The Balaban J connectivity index is 2.23. The number of carbonyl (C=O) groups excluding carboxylic acids is 1. The maximum atomic E-state index is 13.1. The van der Waals surface area contributed by atoms with E-state index < -0.39 is 22.0 Å². The summed E-state index contributed by atoms with van der Waals surface area (Å²) in [5.74, 6) is -0.498. The van der Waals surface area contributed by atoms with Gasteiger partial charge in [-0.1, -0.05) is 18.2 Å². The summed E-state index contributed by atoms with van der Waals surface area (Å²) >= 11 is 0. The van der Waals surface area contributed by atoms with Crippen molar-refractivity contribution in [1.82, 2.24) is 0 Å². The molecule has 0 bridgehead atoms. The van der Waals surface area contributed by atoms with Crippen molar-refractivity contribution < 1.29 is 19.2 Å². The second-order valence-corrected chi connectivity index (χ2v) is 7.23. The van der Waals surface area contributed by atoms with Crippen LogP contribution in [0.5, 0.6) is 5.75 Å². The number of fused-ring (bicyclic) bond motifs is 1. The Kier molecular flexibility index (Phi) is 4.47. The van der Waals surface area contributed by atoms with Gasteiger partial charge in [0.15, 0.2) is 5.75 Å². The van der Waals surface area contributed by atoms with Gasteiger partial charge in [0.05, 0.1) is 17.4 Å². The second kappa shape index (κ2) is 6.50. The molecule has 0 N–H and O–H groups in total. The predicted molar refractivity (Wildman–Crippen MR) is 98.9 cm³/mol. The molecule has 0 aliphatic carbocycles. The van der Waals surface area contributed by atoms with E-state index in [9.17, 15) is 14.9 Å². The van der Waals surface area contributed by atoms with Crippen molar-refractivity contribution in [2.45, 2.75) is 31.9 Å². The number of nitrogens with zero attached hydrogens (tertiary/aromatic N) is 2. The Morgan fingerprint density at radius 1 is 1.19 bits per heavy atom. The fourth-order valence-electron chi connectivity index (χ4n) is 2.95. The molecule has 2 aromatic rings. The van der Waals surface area contributed by atoms with Crippen molar-refractivity contribution in [3.05, 3.63) is 68.7 Å². The largest absolute Gasteiger partial charge is 0.490 e. The van der Waals surface area contributed by atoms with Crippen molar-refractivity contribution in [1.29, 1.82) is 0 Å². The third-order valence-corrected chi connectivity index (χ3v) is 4.12. The van der Waals surface area contributed by atoms with Crippen LogP contribution in [0.15, 0.2) is 47.5 Å². The fourth-order valence-corrected chi connectivity index (χ4v) is 2.95. The lowest BCUT2D eigenvalue weighted by Gasteiger charge is -2.28. The van der Waals surface area contributed by atoms with E-state index in [0.717, 1.165) is 5.22 Å². The zero-order valence-corrected chi connectivity index (χ0v) is 15.6. The third kappa shape index (κ3) is 3.40. The molecule has 7 nitrogen and oxygen atoms in total. The van der Waals surface area contributed by atoms with E-state index in [1.807, 2.05) is 18.2 Å². The van der Waals surface area contributed by atoms with Crippen molar-refractivity contribution in [3.8, 4) is 5.75 Å². The number of para-hydroxylation sites is 1. The van der Waals surface area contributed by atoms with Gasteiger partial charge >= 0.3 is 11.7 Å². The molecule has 0 amide bonds. The Morgan fingerprint density at radius 2 is 1.89 bits per heavy atom. The van der Waals surface area contributed by atoms with Crippen LogP contribution in [0.25, 0.3) is 6.08 Å². The molecule has 0 saturated carbocycles. The molecule has 0 aromatic heterocycles. The lowest BCUT2D eigenvalue weighted by molar-refractivity contribution is -0.385. The number of hydrogen-bond acceptors (Lipinski definition) is 6. The van der Waals surface area contributed by atoms with Gasteiger partial charge in [0, 0.05) is 6.07 Å². The highest BCUT2D eigenvalue weighted by atomic mass is 16.6. The number of carbonyl (C=O) groups is 1. The van der Waals surface area contributed by atoms with Crippen molar-refractivity contribution in [2.24, 2.45) is 4.99 Å². The van der Waals surface area contributed by atoms with Crippen LogP contribution in [-0.4, -0.2) is 23.6 Å². The summed E-state index contributed by atoms with van der Waals surface area (Å²) in [6.45, 7) is 5.32.